The SMILES string of the molecule is Cc1ccccc1-c1nc(CC(=O)N2CCN(C(=O)CCc3ccccc3)C(C)C2)no1. The van der Waals surface area contributed by atoms with E-state index in [0.29, 0.717) is 37.8 Å². The van der Waals surface area contributed by atoms with Crippen LogP contribution >= 0.6 is 0 Å². The molecule has 166 valence electrons. The van der Waals surface area contributed by atoms with E-state index in [4.69, 9.17) is 4.52 Å². The minimum absolute atomic E-state index is 0.0243. The van der Waals surface area contributed by atoms with Crippen LogP contribution in [0.3, 0.4) is 0 Å². The first-order valence-corrected chi connectivity index (χ1v) is 11.0. The molecule has 7 nitrogen and oxygen atoms in total. The molecular formula is C25H28N4O3. The quantitative estimate of drug-likeness (QED) is 0.597. The maximum atomic E-state index is 12.8. The zero-order valence-corrected chi connectivity index (χ0v) is 18.5. The van der Waals surface area contributed by atoms with Crippen LogP contribution in [0.2, 0.25) is 0 Å². The number of hydrogen-bond donors (Lipinski definition) is 0. The first kappa shape index (κ1) is 21.7. The van der Waals surface area contributed by atoms with Crippen LogP contribution in [0, 0.1) is 6.92 Å². The lowest BCUT2D eigenvalue weighted by molar-refractivity contribution is -0.142. The highest BCUT2D eigenvalue weighted by molar-refractivity contribution is 5.80. The molecule has 2 heterocycles. The minimum Gasteiger partial charge on any atom is -0.338 e. The lowest BCUT2D eigenvalue weighted by Gasteiger charge is -2.40. The standard InChI is InChI=1S/C25H28N4O3/c1-18-8-6-7-11-21(18)25-26-22(27-32-25)16-24(31)28-14-15-29(19(2)17-28)23(30)13-12-20-9-4-3-5-10-20/h3-11,19H,12-17H2,1-2H3. The Morgan fingerprint density at radius 3 is 2.53 bits per heavy atom. The van der Waals surface area contributed by atoms with Crippen molar-refractivity contribution in [1.29, 1.82) is 0 Å². The molecule has 7 heteroatoms. The van der Waals surface area contributed by atoms with Gasteiger partial charge in [-0.25, -0.2) is 0 Å². The number of rotatable bonds is 6. The molecule has 1 aliphatic heterocycles. The van der Waals surface area contributed by atoms with Gasteiger partial charge in [0.15, 0.2) is 5.82 Å². The van der Waals surface area contributed by atoms with Crippen molar-refractivity contribution in [3.8, 4) is 11.5 Å². The molecule has 1 unspecified atom stereocenters. The Kier molecular flexibility index (Phi) is 6.63. The number of carbonyl (C=O) groups excluding carboxylic acids is 2. The van der Waals surface area contributed by atoms with Crippen LogP contribution in [0.25, 0.3) is 11.5 Å². The summed E-state index contributed by atoms with van der Waals surface area (Å²) in [5.74, 6) is 0.884. The maximum Gasteiger partial charge on any atom is 0.258 e. The minimum atomic E-state index is -0.0506. The molecule has 2 amide bonds. The molecule has 1 fully saturated rings. The Morgan fingerprint density at radius 1 is 1.03 bits per heavy atom. The van der Waals surface area contributed by atoms with Gasteiger partial charge in [0.25, 0.3) is 5.89 Å². The lowest BCUT2D eigenvalue weighted by Crippen LogP contribution is -2.55. The van der Waals surface area contributed by atoms with Crippen LogP contribution in [-0.4, -0.2) is 57.4 Å². The van der Waals surface area contributed by atoms with Crippen molar-refractivity contribution in [1.82, 2.24) is 19.9 Å². The third-order valence-corrected chi connectivity index (χ3v) is 5.92. The van der Waals surface area contributed by atoms with E-state index in [2.05, 4.69) is 10.1 Å². The van der Waals surface area contributed by atoms with Gasteiger partial charge in [0, 0.05) is 37.7 Å². The van der Waals surface area contributed by atoms with E-state index in [1.165, 1.54) is 0 Å². The number of nitrogens with zero attached hydrogens (tertiary/aromatic N) is 4. The summed E-state index contributed by atoms with van der Waals surface area (Å²) >= 11 is 0. The summed E-state index contributed by atoms with van der Waals surface area (Å²) in [4.78, 5) is 33.6. The number of carbonyl (C=O) groups is 2. The van der Waals surface area contributed by atoms with E-state index >= 15 is 0 Å². The molecule has 2 aromatic carbocycles. The summed E-state index contributed by atoms with van der Waals surface area (Å²) in [7, 11) is 0. The van der Waals surface area contributed by atoms with E-state index in [9.17, 15) is 9.59 Å². The van der Waals surface area contributed by atoms with Gasteiger partial charge in [0.1, 0.15) is 0 Å². The second-order valence-electron chi connectivity index (χ2n) is 8.27. The van der Waals surface area contributed by atoms with Gasteiger partial charge in [0.2, 0.25) is 11.8 Å². The van der Waals surface area contributed by atoms with Gasteiger partial charge >= 0.3 is 0 Å². The van der Waals surface area contributed by atoms with Gasteiger partial charge in [-0.05, 0) is 37.5 Å². The summed E-state index contributed by atoms with van der Waals surface area (Å²) in [6, 6.07) is 17.8. The average Bonchev–Trinajstić information content (AvgIpc) is 3.26. The summed E-state index contributed by atoms with van der Waals surface area (Å²) in [5, 5.41) is 3.99. The fourth-order valence-electron chi connectivity index (χ4n) is 4.09. The molecule has 1 aromatic heterocycles. The normalized spacial score (nSPS) is 16.2. The third-order valence-electron chi connectivity index (χ3n) is 5.92. The Morgan fingerprint density at radius 2 is 1.78 bits per heavy atom. The second-order valence-corrected chi connectivity index (χ2v) is 8.27. The predicted octanol–water partition coefficient (Wildman–Crippen LogP) is 3.28. The fraction of sp³-hybridized carbons (Fsp3) is 0.360. The van der Waals surface area contributed by atoms with Gasteiger partial charge in [-0.15, -0.1) is 0 Å². The molecule has 0 spiro atoms. The van der Waals surface area contributed by atoms with E-state index in [-0.39, 0.29) is 24.3 Å². The Labute approximate surface area is 188 Å². The average molecular weight is 433 g/mol. The lowest BCUT2D eigenvalue weighted by atomic mass is 10.1. The fourth-order valence-corrected chi connectivity index (χ4v) is 4.09. The van der Waals surface area contributed by atoms with Crippen molar-refractivity contribution in [2.45, 2.75) is 39.2 Å². The number of aryl methyl sites for hydroxylation is 2. The first-order valence-electron chi connectivity index (χ1n) is 11.0. The highest BCUT2D eigenvalue weighted by Crippen LogP contribution is 2.21. The van der Waals surface area contributed by atoms with Crippen LogP contribution in [0.1, 0.15) is 30.3 Å². The summed E-state index contributed by atoms with van der Waals surface area (Å²) < 4.78 is 5.37. The van der Waals surface area contributed by atoms with Gasteiger partial charge in [-0.1, -0.05) is 53.7 Å². The molecular weight excluding hydrogens is 404 g/mol. The third kappa shape index (κ3) is 5.04. The largest absolute Gasteiger partial charge is 0.338 e. The van der Waals surface area contributed by atoms with E-state index in [1.807, 2.05) is 73.3 Å². The van der Waals surface area contributed by atoms with Crippen LogP contribution in [-0.2, 0) is 22.4 Å². The van der Waals surface area contributed by atoms with Gasteiger partial charge < -0.3 is 14.3 Å². The monoisotopic (exact) mass is 432 g/mol. The molecule has 0 bridgehead atoms. The van der Waals surface area contributed by atoms with Crippen molar-refractivity contribution in [3.05, 3.63) is 71.5 Å². The number of amides is 2. The topological polar surface area (TPSA) is 79.5 Å². The highest BCUT2D eigenvalue weighted by atomic mass is 16.5. The second kappa shape index (κ2) is 9.77. The van der Waals surface area contributed by atoms with Crippen molar-refractivity contribution >= 4 is 11.8 Å². The number of piperazine rings is 1. The molecule has 0 aliphatic carbocycles. The van der Waals surface area contributed by atoms with Crippen LogP contribution in [0.4, 0.5) is 0 Å². The van der Waals surface area contributed by atoms with E-state index in [1.54, 1.807) is 4.90 Å². The smallest absolute Gasteiger partial charge is 0.258 e. The summed E-state index contributed by atoms with van der Waals surface area (Å²) in [5.41, 5.74) is 3.07. The first-order chi connectivity index (χ1) is 15.5. The molecule has 4 rings (SSSR count). The van der Waals surface area contributed by atoms with Crippen LogP contribution in [0.5, 0.6) is 0 Å². The van der Waals surface area contributed by atoms with Crippen molar-refractivity contribution < 1.29 is 14.1 Å². The molecule has 32 heavy (non-hydrogen) atoms. The Hall–Kier alpha value is -3.48. The molecule has 0 N–H and O–H groups in total. The summed E-state index contributed by atoms with van der Waals surface area (Å²) in [6.07, 6.45) is 1.30. The zero-order valence-electron chi connectivity index (χ0n) is 18.5. The van der Waals surface area contributed by atoms with E-state index in [0.717, 1.165) is 23.1 Å². The molecule has 1 atom stereocenters. The van der Waals surface area contributed by atoms with Gasteiger partial charge in [-0.2, -0.15) is 4.98 Å². The van der Waals surface area contributed by atoms with Gasteiger partial charge in [0.05, 0.1) is 6.42 Å². The Balaban J connectivity index is 1.30. The molecule has 0 saturated carbocycles. The molecule has 3 aromatic rings. The highest BCUT2D eigenvalue weighted by Gasteiger charge is 2.30. The molecule has 1 saturated heterocycles. The molecule has 0 radical (unpaired) electrons. The summed E-state index contributed by atoms with van der Waals surface area (Å²) in [6.45, 7) is 5.54. The Bertz CT molecular complexity index is 1080. The molecule has 1 aliphatic rings. The number of benzene rings is 2. The van der Waals surface area contributed by atoms with Crippen molar-refractivity contribution in [2.75, 3.05) is 19.6 Å². The number of aromatic nitrogens is 2. The maximum absolute atomic E-state index is 12.8. The number of hydrogen-bond acceptors (Lipinski definition) is 5. The van der Waals surface area contributed by atoms with Gasteiger partial charge in [-0.3, -0.25) is 9.59 Å². The van der Waals surface area contributed by atoms with Crippen molar-refractivity contribution in [2.24, 2.45) is 0 Å². The van der Waals surface area contributed by atoms with E-state index < -0.39 is 0 Å². The van der Waals surface area contributed by atoms with Crippen molar-refractivity contribution in [3.63, 3.8) is 0 Å². The predicted molar refractivity (Wildman–Crippen MR) is 121 cm³/mol. The van der Waals surface area contributed by atoms with Crippen LogP contribution in [0.15, 0.2) is 59.1 Å². The van der Waals surface area contributed by atoms with Crippen LogP contribution < -0.4 is 0 Å². The zero-order chi connectivity index (χ0) is 22.5.